The highest BCUT2D eigenvalue weighted by Gasteiger charge is 2.57. The van der Waals surface area contributed by atoms with Crippen LogP contribution in [0.1, 0.15) is 59.5 Å². The van der Waals surface area contributed by atoms with Crippen molar-refractivity contribution >= 4 is 41.3 Å². The lowest BCUT2D eigenvalue weighted by Crippen LogP contribution is -2.67. The summed E-state index contributed by atoms with van der Waals surface area (Å²) in [5.41, 5.74) is 2.76. The molecule has 2 heterocycles. The number of hydrogen-bond acceptors (Lipinski definition) is 15. The first-order valence-corrected chi connectivity index (χ1v) is 26.5. The topological polar surface area (TPSA) is 163 Å². The van der Waals surface area contributed by atoms with Gasteiger partial charge in [-0.3, -0.25) is 0 Å². The number of ether oxygens (including phenoxy) is 9. The molecule has 7 aromatic carbocycles. The van der Waals surface area contributed by atoms with Crippen LogP contribution in [0.15, 0.2) is 212 Å². The Labute approximate surface area is 451 Å². The molecule has 0 saturated carbocycles. The lowest BCUT2D eigenvalue weighted by molar-refractivity contribution is -0.333. The van der Waals surface area contributed by atoms with Crippen molar-refractivity contribution in [2.24, 2.45) is 0 Å². The highest BCUT2D eigenvalue weighted by Crippen LogP contribution is 2.39. The molecule has 0 radical (unpaired) electrons. The second kappa shape index (κ2) is 27.4. The van der Waals surface area contributed by atoms with Gasteiger partial charge in [0.1, 0.15) is 36.5 Å². The van der Waals surface area contributed by atoms with E-state index >= 15 is 0 Å². The van der Waals surface area contributed by atoms with Gasteiger partial charge in [0.15, 0.2) is 24.6 Å². The molecule has 1 N–H and O–H groups in total. The summed E-state index contributed by atoms with van der Waals surface area (Å²) in [6, 6.07) is 61.4. The lowest BCUT2D eigenvalue weighted by Gasteiger charge is -2.50. The molecular weight excluding hydrogens is 999 g/mol. The molecule has 14 nitrogen and oxygen atoms in total. The molecule has 2 fully saturated rings. The maximum Gasteiger partial charge on any atom is 0.338 e. The van der Waals surface area contributed by atoms with Gasteiger partial charge in [-0.2, -0.15) is 0 Å². The van der Waals surface area contributed by atoms with E-state index in [2.05, 4.69) is 5.32 Å². The molecule has 9 rings (SSSR count). The highest BCUT2D eigenvalue weighted by atomic mass is 32.2. The normalized spacial score (nSPS) is 22.9. The molecule has 0 amide bonds. The van der Waals surface area contributed by atoms with Gasteiger partial charge in [-0.05, 0) is 77.5 Å². The van der Waals surface area contributed by atoms with Gasteiger partial charge < -0.3 is 47.9 Å². The summed E-state index contributed by atoms with van der Waals surface area (Å²) in [5.74, 6) is -2.54. The fraction of sp³-hybridized carbons (Fsp3) is 0.258. The standard InChI is InChI=1S/C62H59NO13S/c1-2-77-62-51(63-48-36-22-9-23-37-48)54(69-39-43-26-12-4-13-27-43)52(49(72-62)40-68-38-42-24-10-3-11-25-42)76-61-56(75-60(67)47-34-20-8-21-35-47)55(74-59(66)46-32-18-7-19-33-46)53(73-58(65)45-30-16-6-17-31-45)50(71-61)41-70-57(64)44-28-14-5-15-29-44/h3-37,49-56,61-63H,2,38-41H2,1H3/t49-,50?,51?,52?,53?,54?,55?,56?,61?,62-/m0/s1. The van der Waals surface area contributed by atoms with Crippen molar-refractivity contribution in [1.82, 2.24) is 0 Å². The average molecular weight is 1060 g/mol. The highest BCUT2D eigenvalue weighted by molar-refractivity contribution is 7.99. The molecule has 7 aromatic rings. The molecule has 2 saturated heterocycles. The lowest BCUT2D eigenvalue weighted by atomic mass is 9.95. The first-order valence-electron chi connectivity index (χ1n) is 25.5. The van der Waals surface area contributed by atoms with Crippen LogP contribution >= 0.6 is 11.8 Å². The third kappa shape index (κ3) is 14.7. The smallest absolute Gasteiger partial charge is 0.338 e. The van der Waals surface area contributed by atoms with E-state index in [1.165, 1.54) is 0 Å². The molecule has 10 atom stereocenters. The zero-order valence-electron chi connectivity index (χ0n) is 42.2. The Balaban J connectivity index is 1.17. The molecular formula is C62H59NO13S. The zero-order valence-corrected chi connectivity index (χ0v) is 43.0. The molecule has 396 valence electrons. The summed E-state index contributed by atoms with van der Waals surface area (Å²) in [6.07, 6.45) is -10.9. The van der Waals surface area contributed by atoms with Gasteiger partial charge in [0.05, 0.1) is 48.1 Å². The Hall–Kier alpha value is -7.63. The molecule has 0 aliphatic carbocycles. The predicted molar refractivity (Wildman–Crippen MR) is 289 cm³/mol. The minimum absolute atomic E-state index is 0.00731. The van der Waals surface area contributed by atoms with Gasteiger partial charge in [-0.15, -0.1) is 11.8 Å². The minimum Gasteiger partial charge on any atom is -0.459 e. The van der Waals surface area contributed by atoms with Crippen molar-refractivity contribution in [2.45, 2.75) is 80.6 Å². The Kier molecular flexibility index (Phi) is 19.3. The number of para-hydroxylation sites is 1. The van der Waals surface area contributed by atoms with Crippen LogP contribution in [-0.2, 0) is 55.8 Å². The first-order chi connectivity index (χ1) is 37.8. The van der Waals surface area contributed by atoms with Crippen molar-refractivity contribution in [1.29, 1.82) is 0 Å². The van der Waals surface area contributed by atoms with E-state index in [1.54, 1.807) is 133 Å². The van der Waals surface area contributed by atoms with E-state index in [0.717, 1.165) is 16.8 Å². The summed E-state index contributed by atoms with van der Waals surface area (Å²) in [6.45, 7) is 1.86. The summed E-state index contributed by atoms with van der Waals surface area (Å²) in [5, 5.41) is 3.69. The van der Waals surface area contributed by atoms with Crippen LogP contribution in [0.4, 0.5) is 5.69 Å². The van der Waals surface area contributed by atoms with E-state index in [9.17, 15) is 19.2 Å². The second-order valence-corrected chi connectivity index (χ2v) is 19.5. The summed E-state index contributed by atoms with van der Waals surface area (Å²) in [4.78, 5) is 57.1. The van der Waals surface area contributed by atoms with Gasteiger partial charge in [0.2, 0.25) is 0 Å². The van der Waals surface area contributed by atoms with Crippen LogP contribution in [0.5, 0.6) is 0 Å². The van der Waals surface area contributed by atoms with E-state index in [-0.39, 0.29) is 42.1 Å². The van der Waals surface area contributed by atoms with E-state index < -0.39 is 91.0 Å². The van der Waals surface area contributed by atoms with Gasteiger partial charge in [-0.25, -0.2) is 19.2 Å². The third-order valence-corrected chi connectivity index (χ3v) is 13.9. The van der Waals surface area contributed by atoms with Crippen molar-refractivity contribution in [3.63, 3.8) is 0 Å². The monoisotopic (exact) mass is 1060 g/mol. The van der Waals surface area contributed by atoms with Gasteiger partial charge in [0, 0.05) is 5.69 Å². The summed E-state index contributed by atoms with van der Waals surface area (Å²) in [7, 11) is 0. The van der Waals surface area contributed by atoms with Crippen molar-refractivity contribution in [2.75, 3.05) is 24.3 Å². The Morgan fingerprint density at radius 1 is 0.455 bits per heavy atom. The van der Waals surface area contributed by atoms with E-state index in [0.29, 0.717) is 5.75 Å². The number of hydrogen-bond donors (Lipinski definition) is 1. The molecule has 2 aliphatic heterocycles. The number of nitrogens with one attached hydrogen (secondary N) is 1. The summed E-state index contributed by atoms with van der Waals surface area (Å²) < 4.78 is 60.1. The fourth-order valence-electron chi connectivity index (χ4n) is 9.01. The quantitative estimate of drug-likeness (QED) is 0.0503. The minimum atomic E-state index is -1.69. The van der Waals surface area contributed by atoms with Gasteiger partial charge >= 0.3 is 23.9 Å². The van der Waals surface area contributed by atoms with Crippen LogP contribution in [0.3, 0.4) is 0 Å². The Morgan fingerprint density at radius 2 is 0.883 bits per heavy atom. The van der Waals surface area contributed by atoms with Crippen molar-refractivity contribution in [3.8, 4) is 0 Å². The van der Waals surface area contributed by atoms with Crippen LogP contribution in [-0.4, -0.2) is 103 Å². The maximum atomic E-state index is 14.6. The van der Waals surface area contributed by atoms with Crippen molar-refractivity contribution < 1.29 is 61.8 Å². The molecule has 15 heteroatoms. The van der Waals surface area contributed by atoms with Crippen LogP contribution in [0.25, 0.3) is 0 Å². The molecule has 2 aliphatic rings. The number of esters is 4. The zero-order chi connectivity index (χ0) is 53.2. The Morgan fingerprint density at radius 3 is 1.39 bits per heavy atom. The molecule has 77 heavy (non-hydrogen) atoms. The third-order valence-electron chi connectivity index (χ3n) is 12.8. The number of anilines is 1. The van der Waals surface area contributed by atoms with E-state index in [4.69, 9.17) is 42.6 Å². The Bertz CT molecular complexity index is 2930. The van der Waals surface area contributed by atoms with Crippen LogP contribution in [0, 0.1) is 0 Å². The van der Waals surface area contributed by atoms with Gasteiger partial charge in [-0.1, -0.05) is 159 Å². The largest absolute Gasteiger partial charge is 0.459 e. The molecule has 8 unspecified atom stereocenters. The summed E-state index contributed by atoms with van der Waals surface area (Å²) >= 11 is 1.58. The number of carbonyl (C=O) groups is 4. The SMILES string of the molecule is CCS[C@@H]1O[C@@H](COCc2ccccc2)C(OC2OC(COC(=O)c3ccccc3)C(OC(=O)c3ccccc3)C(OC(=O)c3ccccc3)C2OC(=O)c2ccccc2)C(OCc2ccccc2)C1Nc1ccccc1. The number of thioether (sulfide) groups is 1. The average Bonchev–Trinajstić information content (AvgIpc) is 3.48. The van der Waals surface area contributed by atoms with Crippen molar-refractivity contribution in [3.05, 3.63) is 246 Å². The number of carbonyl (C=O) groups excluding carboxylic acids is 4. The van der Waals surface area contributed by atoms with Crippen LogP contribution < -0.4 is 5.32 Å². The van der Waals surface area contributed by atoms with E-state index in [1.807, 2.05) is 97.9 Å². The fourth-order valence-corrected chi connectivity index (χ4v) is 9.99. The van der Waals surface area contributed by atoms with Gasteiger partial charge in [0.25, 0.3) is 0 Å². The second-order valence-electron chi connectivity index (χ2n) is 18.1. The maximum absolute atomic E-state index is 14.6. The number of benzene rings is 7. The van der Waals surface area contributed by atoms with Crippen LogP contribution in [0.2, 0.25) is 0 Å². The molecule has 0 spiro atoms. The predicted octanol–water partition coefficient (Wildman–Crippen LogP) is 10.4. The molecule has 0 aromatic heterocycles. The first kappa shape index (κ1) is 54.2. The number of rotatable bonds is 22. The molecule has 0 bridgehead atoms.